The number of halogens is 3. The second-order valence-corrected chi connectivity index (χ2v) is 6.57. The van der Waals surface area contributed by atoms with Crippen LogP contribution in [0.5, 0.6) is 0 Å². The van der Waals surface area contributed by atoms with Crippen molar-refractivity contribution in [2.45, 2.75) is 12.8 Å². The molecule has 7 heteroatoms. The van der Waals surface area contributed by atoms with Gasteiger partial charge in [-0.1, -0.05) is 29.3 Å². The molecule has 2 aromatic rings. The first kappa shape index (κ1) is 17.7. The summed E-state index contributed by atoms with van der Waals surface area (Å²) in [5, 5.41) is 4.53. The van der Waals surface area contributed by atoms with Crippen LogP contribution >= 0.6 is 23.2 Å². The lowest BCUT2D eigenvalue weighted by Gasteiger charge is -2.18. The van der Waals surface area contributed by atoms with Gasteiger partial charge in [-0.25, -0.2) is 9.82 Å². The molecule has 0 aromatic heterocycles. The lowest BCUT2D eigenvalue weighted by molar-refractivity contribution is 0.0955. The van der Waals surface area contributed by atoms with Gasteiger partial charge in [0, 0.05) is 18.1 Å². The van der Waals surface area contributed by atoms with E-state index < -0.39 is 5.91 Å². The van der Waals surface area contributed by atoms with E-state index in [1.54, 1.807) is 18.2 Å². The monoisotopic (exact) mass is 379 g/mol. The summed E-state index contributed by atoms with van der Waals surface area (Å²) in [5.41, 5.74) is 3.79. The van der Waals surface area contributed by atoms with Gasteiger partial charge in [-0.15, -0.1) is 0 Å². The Morgan fingerprint density at radius 1 is 1.16 bits per heavy atom. The molecule has 1 amide bonds. The van der Waals surface area contributed by atoms with Gasteiger partial charge < -0.3 is 4.90 Å². The third-order valence-corrected chi connectivity index (χ3v) is 4.52. The smallest absolute Gasteiger partial charge is 0.272 e. The molecular formula is C18H16Cl2FN3O. The zero-order valence-electron chi connectivity index (χ0n) is 13.3. The Labute approximate surface area is 155 Å². The maximum absolute atomic E-state index is 14.2. The quantitative estimate of drug-likeness (QED) is 0.627. The fraction of sp³-hybridized carbons (Fsp3) is 0.222. The topological polar surface area (TPSA) is 44.7 Å². The van der Waals surface area contributed by atoms with Crippen LogP contribution in [0.4, 0.5) is 10.1 Å². The van der Waals surface area contributed by atoms with Crippen LogP contribution in [0, 0.1) is 5.82 Å². The predicted octanol–water partition coefficient (Wildman–Crippen LogP) is 4.50. The Morgan fingerprint density at radius 3 is 2.60 bits per heavy atom. The van der Waals surface area contributed by atoms with E-state index in [2.05, 4.69) is 10.5 Å². The number of nitrogens with zero attached hydrogens (tertiary/aromatic N) is 2. The molecule has 0 radical (unpaired) electrons. The number of benzene rings is 2. The van der Waals surface area contributed by atoms with Crippen LogP contribution in [0.15, 0.2) is 41.5 Å². The Balaban J connectivity index is 1.65. The van der Waals surface area contributed by atoms with Gasteiger partial charge in [-0.3, -0.25) is 4.79 Å². The van der Waals surface area contributed by atoms with Gasteiger partial charge in [0.25, 0.3) is 5.91 Å². The largest absolute Gasteiger partial charge is 0.369 e. The number of nitrogens with one attached hydrogen (secondary N) is 1. The number of rotatable bonds is 4. The molecule has 25 heavy (non-hydrogen) atoms. The summed E-state index contributed by atoms with van der Waals surface area (Å²) in [5.74, 6) is -0.759. The van der Waals surface area contributed by atoms with E-state index >= 15 is 0 Å². The summed E-state index contributed by atoms with van der Waals surface area (Å²) >= 11 is 11.8. The van der Waals surface area contributed by atoms with Crippen molar-refractivity contribution in [3.05, 3.63) is 63.4 Å². The maximum Gasteiger partial charge on any atom is 0.272 e. The summed E-state index contributed by atoms with van der Waals surface area (Å²) in [6, 6.07) is 9.47. The zero-order valence-corrected chi connectivity index (χ0v) is 14.8. The molecule has 0 aliphatic carbocycles. The van der Waals surface area contributed by atoms with Crippen molar-refractivity contribution >= 4 is 41.0 Å². The number of hydrazone groups is 1. The van der Waals surface area contributed by atoms with Gasteiger partial charge >= 0.3 is 0 Å². The minimum absolute atomic E-state index is 0.237. The molecule has 3 rings (SSSR count). The van der Waals surface area contributed by atoms with Crippen molar-refractivity contribution in [3.8, 4) is 0 Å². The minimum Gasteiger partial charge on any atom is -0.369 e. The van der Waals surface area contributed by atoms with Crippen LogP contribution in [0.1, 0.15) is 28.8 Å². The fourth-order valence-electron chi connectivity index (χ4n) is 2.72. The standard InChI is InChI=1S/C18H16Cl2FN3O/c19-13-4-5-14(15(20)10-13)18(25)23-22-11-12-3-6-17(16(21)9-12)24-7-1-2-8-24/h3-6,9-11H,1-2,7-8H2,(H,23,25)/b22-11-. The number of hydrogen-bond acceptors (Lipinski definition) is 3. The van der Waals surface area contributed by atoms with E-state index in [0.29, 0.717) is 16.3 Å². The Morgan fingerprint density at radius 2 is 1.92 bits per heavy atom. The molecule has 0 saturated carbocycles. The number of carbonyl (C=O) groups is 1. The molecule has 0 spiro atoms. The average molecular weight is 380 g/mol. The fourth-order valence-corrected chi connectivity index (χ4v) is 3.21. The molecule has 1 aliphatic heterocycles. The first-order valence-electron chi connectivity index (χ1n) is 7.87. The summed E-state index contributed by atoms with van der Waals surface area (Å²) in [6.45, 7) is 1.75. The first-order chi connectivity index (χ1) is 12.0. The van der Waals surface area contributed by atoms with Gasteiger partial charge in [0.1, 0.15) is 5.82 Å². The molecule has 4 nitrogen and oxygen atoms in total. The molecule has 1 N–H and O–H groups in total. The van der Waals surface area contributed by atoms with E-state index in [4.69, 9.17) is 23.2 Å². The van der Waals surface area contributed by atoms with E-state index in [1.807, 2.05) is 4.90 Å². The first-order valence-corrected chi connectivity index (χ1v) is 8.63. The highest BCUT2D eigenvalue weighted by Crippen LogP contribution is 2.24. The number of carbonyl (C=O) groups excluding carboxylic acids is 1. The van der Waals surface area contributed by atoms with Crippen LogP contribution in [0.2, 0.25) is 10.0 Å². The highest BCUT2D eigenvalue weighted by molar-refractivity contribution is 6.36. The SMILES string of the molecule is O=C(N/N=C\c1ccc(N2CCCC2)c(F)c1)c1ccc(Cl)cc1Cl. The van der Waals surface area contributed by atoms with Gasteiger partial charge in [0.15, 0.2) is 0 Å². The second-order valence-electron chi connectivity index (χ2n) is 5.73. The minimum atomic E-state index is -0.466. The zero-order chi connectivity index (χ0) is 17.8. The predicted molar refractivity (Wildman–Crippen MR) is 99.4 cm³/mol. The maximum atomic E-state index is 14.2. The van der Waals surface area contributed by atoms with E-state index in [1.165, 1.54) is 24.4 Å². The van der Waals surface area contributed by atoms with Crippen molar-refractivity contribution in [2.75, 3.05) is 18.0 Å². The molecule has 0 atom stereocenters. The summed E-state index contributed by atoms with van der Waals surface area (Å²) in [6.07, 6.45) is 3.56. The van der Waals surface area contributed by atoms with Gasteiger partial charge in [-0.05, 0) is 48.7 Å². The highest BCUT2D eigenvalue weighted by Gasteiger charge is 2.16. The van der Waals surface area contributed by atoms with E-state index in [-0.39, 0.29) is 16.4 Å². The molecular weight excluding hydrogens is 364 g/mol. The third-order valence-electron chi connectivity index (χ3n) is 3.97. The Kier molecular flexibility index (Phi) is 5.56. The van der Waals surface area contributed by atoms with Crippen molar-refractivity contribution in [3.63, 3.8) is 0 Å². The Hall–Kier alpha value is -2.11. The van der Waals surface area contributed by atoms with Crippen molar-refractivity contribution in [1.82, 2.24) is 5.43 Å². The van der Waals surface area contributed by atoms with Crippen LogP contribution in [0.25, 0.3) is 0 Å². The lowest BCUT2D eigenvalue weighted by Crippen LogP contribution is -2.19. The molecule has 2 aromatic carbocycles. The van der Waals surface area contributed by atoms with Crippen LogP contribution in [-0.2, 0) is 0 Å². The summed E-state index contributed by atoms with van der Waals surface area (Å²) in [7, 11) is 0. The number of hydrogen-bond donors (Lipinski definition) is 1. The molecule has 0 unspecified atom stereocenters. The molecule has 1 fully saturated rings. The van der Waals surface area contributed by atoms with Gasteiger partial charge in [0.05, 0.1) is 22.5 Å². The van der Waals surface area contributed by atoms with Crippen LogP contribution in [-0.4, -0.2) is 25.2 Å². The van der Waals surface area contributed by atoms with Crippen LogP contribution < -0.4 is 10.3 Å². The molecule has 130 valence electrons. The van der Waals surface area contributed by atoms with Crippen molar-refractivity contribution < 1.29 is 9.18 Å². The summed E-state index contributed by atoms with van der Waals surface area (Å²) in [4.78, 5) is 14.1. The molecule has 1 aliphatic rings. The average Bonchev–Trinajstić information content (AvgIpc) is 3.09. The molecule has 1 heterocycles. The summed E-state index contributed by atoms with van der Waals surface area (Å²) < 4.78 is 14.2. The second kappa shape index (κ2) is 7.85. The van der Waals surface area contributed by atoms with Crippen molar-refractivity contribution in [1.29, 1.82) is 0 Å². The van der Waals surface area contributed by atoms with Crippen LogP contribution in [0.3, 0.4) is 0 Å². The molecule has 1 saturated heterocycles. The van der Waals surface area contributed by atoms with Gasteiger partial charge in [0.2, 0.25) is 0 Å². The lowest BCUT2D eigenvalue weighted by atomic mass is 10.2. The third kappa shape index (κ3) is 4.30. The Bertz CT molecular complexity index is 820. The number of anilines is 1. The molecule has 0 bridgehead atoms. The van der Waals surface area contributed by atoms with E-state index in [0.717, 1.165) is 25.9 Å². The number of amides is 1. The van der Waals surface area contributed by atoms with E-state index in [9.17, 15) is 9.18 Å². The highest BCUT2D eigenvalue weighted by atomic mass is 35.5. The van der Waals surface area contributed by atoms with Crippen molar-refractivity contribution in [2.24, 2.45) is 5.10 Å². The van der Waals surface area contributed by atoms with Gasteiger partial charge in [-0.2, -0.15) is 5.10 Å². The normalized spacial score (nSPS) is 14.3.